The molecule has 30 heavy (non-hydrogen) atoms. The second-order valence-corrected chi connectivity index (χ2v) is 8.70. The molecule has 0 saturated carbocycles. The molecule has 10 heteroatoms. The van der Waals surface area contributed by atoms with E-state index in [0.717, 1.165) is 42.0 Å². The van der Waals surface area contributed by atoms with Gasteiger partial charge in [0.2, 0.25) is 0 Å². The number of aromatic nitrogens is 1. The van der Waals surface area contributed by atoms with Gasteiger partial charge in [-0.1, -0.05) is 0 Å². The number of urea groups is 1. The molecule has 2 bridgehead atoms. The van der Waals surface area contributed by atoms with Gasteiger partial charge in [-0.25, -0.2) is 4.79 Å². The number of hydrogen-bond donors (Lipinski definition) is 2. The van der Waals surface area contributed by atoms with Gasteiger partial charge >= 0.3 is 6.03 Å². The molecule has 0 unspecified atom stereocenters. The summed E-state index contributed by atoms with van der Waals surface area (Å²) >= 11 is 1.32. The first-order valence-corrected chi connectivity index (χ1v) is 10.8. The van der Waals surface area contributed by atoms with Crippen molar-refractivity contribution in [2.75, 3.05) is 44.7 Å². The van der Waals surface area contributed by atoms with Gasteiger partial charge in [0.05, 0.1) is 4.70 Å². The molecule has 0 radical (unpaired) electrons. The van der Waals surface area contributed by atoms with E-state index in [0.29, 0.717) is 18.2 Å². The second-order valence-electron chi connectivity index (χ2n) is 7.89. The molecule has 0 aliphatic carbocycles. The van der Waals surface area contributed by atoms with Gasteiger partial charge in [-0.3, -0.25) is 14.5 Å². The van der Waals surface area contributed by atoms with Gasteiger partial charge in [0.25, 0.3) is 12.4 Å². The Kier molecular flexibility index (Phi) is 5.87. The highest BCUT2D eigenvalue weighted by Crippen LogP contribution is 2.31. The Morgan fingerprint density at radius 2 is 2.00 bits per heavy atom. The molecular weight excluding hydrogens is 406 g/mol. The van der Waals surface area contributed by atoms with Crippen LogP contribution in [0.3, 0.4) is 0 Å². The number of hydrogen-bond acceptors (Lipinski definition) is 6. The smallest absolute Gasteiger partial charge is 0.324 e. The quantitative estimate of drug-likeness (QED) is 0.717. The topological polar surface area (TPSA) is 106 Å². The average Bonchev–Trinajstić information content (AvgIpc) is 3.32. The lowest BCUT2D eigenvalue weighted by Crippen LogP contribution is -2.57. The number of likely N-dealkylation sites (N-methyl/N-ethyl adjacent to an activating group) is 1. The molecule has 4 aliphatic rings. The fraction of sp³-hybridized carbons (Fsp3) is 0.500. The molecule has 1 aromatic heterocycles. The first kappa shape index (κ1) is 20.5. The Hall–Kier alpha value is -2.72. The maximum Gasteiger partial charge on any atom is 0.324 e. The van der Waals surface area contributed by atoms with Crippen LogP contribution in [0.25, 0.3) is 10.1 Å². The normalized spacial score (nSPS) is 25.2. The van der Waals surface area contributed by atoms with E-state index in [1.54, 1.807) is 9.80 Å². The molecule has 4 aliphatic heterocycles. The standard InChI is InChI=1S/C19H23N5O2S.CH2O2/c1-22-8-9-24(19(22)26)13-2-3-14-16(10-13)27-21-17(14)18(25)20-15-11-23-6-4-12(15)5-7-23;2-1-3/h2-3,10,12,15H,4-9,11H2,1H3,(H,20,25);1H,(H,2,3)/t15-;/m1./s1. The van der Waals surface area contributed by atoms with Crippen molar-refractivity contribution in [3.63, 3.8) is 0 Å². The van der Waals surface area contributed by atoms with E-state index in [9.17, 15) is 9.59 Å². The van der Waals surface area contributed by atoms with Crippen LogP contribution in [0, 0.1) is 5.92 Å². The van der Waals surface area contributed by atoms with Crippen molar-refractivity contribution in [2.45, 2.75) is 18.9 Å². The number of fused-ring (bicyclic) bond motifs is 4. The van der Waals surface area contributed by atoms with Crippen LogP contribution in [0.2, 0.25) is 0 Å². The van der Waals surface area contributed by atoms with Gasteiger partial charge in [0.1, 0.15) is 5.69 Å². The first-order chi connectivity index (χ1) is 14.5. The number of amides is 3. The lowest BCUT2D eigenvalue weighted by Gasteiger charge is -2.44. The van der Waals surface area contributed by atoms with Crippen LogP contribution in [0.1, 0.15) is 23.3 Å². The Balaban J connectivity index is 0.000000687. The van der Waals surface area contributed by atoms with Crippen molar-refractivity contribution in [2.24, 2.45) is 5.92 Å². The Bertz CT molecular complexity index is 956. The van der Waals surface area contributed by atoms with Crippen LogP contribution in [-0.4, -0.2) is 83.5 Å². The number of nitrogens with zero attached hydrogens (tertiary/aromatic N) is 4. The van der Waals surface area contributed by atoms with Crippen molar-refractivity contribution in [3.05, 3.63) is 23.9 Å². The number of carboxylic acid groups (broad SMARTS) is 1. The summed E-state index contributed by atoms with van der Waals surface area (Å²) in [4.78, 5) is 39.3. The highest BCUT2D eigenvalue weighted by molar-refractivity contribution is 7.13. The van der Waals surface area contributed by atoms with Gasteiger partial charge in [-0.15, -0.1) is 0 Å². The molecule has 5 heterocycles. The van der Waals surface area contributed by atoms with Gasteiger partial charge in [-0.05, 0) is 61.6 Å². The third-order valence-corrected chi connectivity index (χ3v) is 6.98. The van der Waals surface area contributed by atoms with E-state index in [1.165, 1.54) is 24.4 Å². The van der Waals surface area contributed by atoms with Crippen molar-refractivity contribution in [3.8, 4) is 0 Å². The molecule has 1 aromatic carbocycles. The number of carbonyl (C=O) groups excluding carboxylic acids is 2. The summed E-state index contributed by atoms with van der Waals surface area (Å²) in [5.74, 6) is 0.512. The predicted molar refractivity (Wildman–Crippen MR) is 114 cm³/mol. The highest BCUT2D eigenvalue weighted by Gasteiger charge is 2.35. The molecule has 4 saturated heterocycles. The summed E-state index contributed by atoms with van der Waals surface area (Å²) in [6, 6.07) is 6.05. The summed E-state index contributed by atoms with van der Waals surface area (Å²) in [5, 5.41) is 11.0. The molecular formula is C20H25N5O4S. The summed E-state index contributed by atoms with van der Waals surface area (Å²) in [7, 11) is 1.81. The largest absolute Gasteiger partial charge is 0.483 e. The fourth-order valence-corrected chi connectivity index (χ4v) is 5.32. The fourth-order valence-electron chi connectivity index (χ4n) is 4.51. The molecule has 9 nitrogen and oxygen atoms in total. The molecule has 3 amide bonds. The van der Waals surface area contributed by atoms with E-state index in [-0.39, 0.29) is 24.5 Å². The van der Waals surface area contributed by atoms with Crippen LogP contribution in [0.5, 0.6) is 0 Å². The number of carbonyl (C=O) groups is 3. The molecule has 2 N–H and O–H groups in total. The van der Waals surface area contributed by atoms with Crippen LogP contribution in [-0.2, 0) is 4.79 Å². The van der Waals surface area contributed by atoms with Crippen molar-refractivity contribution < 1.29 is 19.5 Å². The Morgan fingerprint density at radius 1 is 1.27 bits per heavy atom. The number of piperidine rings is 3. The van der Waals surface area contributed by atoms with Crippen LogP contribution in [0.4, 0.5) is 10.5 Å². The van der Waals surface area contributed by atoms with Gasteiger partial charge < -0.3 is 20.2 Å². The van der Waals surface area contributed by atoms with Crippen molar-refractivity contribution in [1.29, 1.82) is 0 Å². The van der Waals surface area contributed by atoms with E-state index in [2.05, 4.69) is 14.6 Å². The van der Waals surface area contributed by atoms with Gasteiger partial charge in [-0.2, -0.15) is 4.37 Å². The minimum Gasteiger partial charge on any atom is -0.483 e. The third kappa shape index (κ3) is 3.84. The summed E-state index contributed by atoms with van der Waals surface area (Å²) in [6.07, 6.45) is 2.34. The maximum absolute atomic E-state index is 12.8. The number of nitrogens with one attached hydrogen (secondary N) is 1. The van der Waals surface area contributed by atoms with Gasteiger partial charge in [0.15, 0.2) is 0 Å². The van der Waals surface area contributed by atoms with E-state index in [4.69, 9.17) is 9.90 Å². The van der Waals surface area contributed by atoms with E-state index >= 15 is 0 Å². The molecule has 6 rings (SSSR count). The summed E-state index contributed by atoms with van der Waals surface area (Å²) in [5.41, 5.74) is 1.37. The monoisotopic (exact) mass is 431 g/mol. The Labute approximate surface area is 178 Å². The lowest BCUT2D eigenvalue weighted by atomic mass is 9.84. The SMILES string of the molecule is CN1CCN(c2ccc3c(C(=O)N[C@@H]4CN5CCC4CC5)nsc3c2)C1=O.O=CO. The van der Waals surface area contributed by atoms with Crippen LogP contribution < -0.4 is 10.2 Å². The number of benzene rings is 1. The number of anilines is 1. The minimum absolute atomic E-state index is 0.0131. The zero-order chi connectivity index (χ0) is 21.3. The van der Waals surface area contributed by atoms with Crippen molar-refractivity contribution in [1.82, 2.24) is 19.5 Å². The molecule has 1 atom stereocenters. The van der Waals surface area contributed by atoms with Crippen LogP contribution in [0.15, 0.2) is 18.2 Å². The van der Waals surface area contributed by atoms with E-state index in [1.807, 2.05) is 25.2 Å². The summed E-state index contributed by atoms with van der Waals surface area (Å²) in [6.45, 7) is 4.43. The van der Waals surface area contributed by atoms with Crippen molar-refractivity contribution >= 4 is 45.7 Å². The zero-order valence-electron chi connectivity index (χ0n) is 16.8. The van der Waals surface area contributed by atoms with E-state index < -0.39 is 0 Å². The predicted octanol–water partition coefficient (Wildman–Crippen LogP) is 1.69. The first-order valence-electron chi connectivity index (χ1n) is 10.0. The molecule has 160 valence electrons. The number of rotatable bonds is 3. The van der Waals surface area contributed by atoms with Gasteiger partial charge in [0, 0.05) is 43.8 Å². The maximum atomic E-state index is 12.8. The van der Waals surface area contributed by atoms with Crippen LogP contribution >= 0.6 is 11.5 Å². The molecule has 2 aromatic rings. The highest BCUT2D eigenvalue weighted by atomic mass is 32.1. The average molecular weight is 432 g/mol. The second kappa shape index (κ2) is 8.57. The zero-order valence-corrected chi connectivity index (χ0v) is 17.6. The molecule has 0 spiro atoms. The molecule has 4 fully saturated rings. The lowest BCUT2D eigenvalue weighted by molar-refractivity contribution is -0.122. The third-order valence-electron chi connectivity index (χ3n) is 6.17. The Morgan fingerprint density at radius 3 is 2.60 bits per heavy atom. The summed E-state index contributed by atoms with van der Waals surface area (Å²) < 4.78 is 5.37. The minimum atomic E-state index is -0.250.